The molecule has 0 aromatic rings. The van der Waals surface area contributed by atoms with Gasteiger partial charge in [-0.1, -0.05) is 40.5 Å². The number of carbonyl (C=O) groups is 1. The summed E-state index contributed by atoms with van der Waals surface area (Å²) in [4.78, 5) is 14.5. The topological polar surface area (TPSA) is 32.3 Å². The molecule has 1 saturated heterocycles. The Labute approximate surface area is 105 Å². The van der Waals surface area contributed by atoms with Crippen molar-refractivity contribution in [2.45, 2.75) is 59.0 Å². The van der Waals surface area contributed by atoms with Crippen molar-refractivity contribution in [3.05, 3.63) is 0 Å². The Morgan fingerprint density at radius 1 is 1.29 bits per heavy atom. The molecule has 1 N–H and O–H groups in total. The molecule has 1 aliphatic carbocycles. The van der Waals surface area contributed by atoms with E-state index in [1.54, 1.807) is 0 Å². The molecule has 0 radical (unpaired) electrons. The molecule has 17 heavy (non-hydrogen) atoms. The normalized spacial score (nSPS) is 39.1. The van der Waals surface area contributed by atoms with E-state index in [4.69, 9.17) is 0 Å². The van der Waals surface area contributed by atoms with Crippen LogP contribution in [0, 0.1) is 17.8 Å². The summed E-state index contributed by atoms with van der Waals surface area (Å²) in [5.74, 6) is 2.11. The molecule has 0 aromatic carbocycles. The fraction of sp³-hybridized carbons (Fsp3) is 0.929. The number of rotatable bonds is 2. The second kappa shape index (κ2) is 4.97. The Balaban J connectivity index is 2.06. The van der Waals surface area contributed by atoms with Crippen LogP contribution in [0.2, 0.25) is 0 Å². The minimum absolute atomic E-state index is 0.0411. The second-order valence-corrected chi connectivity index (χ2v) is 6.23. The first-order chi connectivity index (χ1) is 8.02. The lowest BCUT2D eigenvalue weighted by Gasteiger charge is -2.39. The smallest absolute Gasteiger partial charge is 0.241 e. The van der Waals surface area contributed by atoms with Gasteiger partial charge in [-0.2, -0.15) is 0 Å². The molecule has 4 atom stereocenters. The van der Waals surface area contributed by atoms with Gasteiger partial charge in [-0.05, 0) is 24.2 Å². The first-order valence-corrected chi connectivity index (χ1v) is 7.06. The summed E-state index contributed by atoms with van der Waals surface area (Å²) in [5.41, 5.74) is 0. The molecule has 3 nitrogen and oxygen atoms in total. The van der Waals surface area contributed by atoms with Gasteiger partial charge in [0.15, 0.2) is 0 Å². The second-order valence-electron chi connectivity index (χ2n) is 6.23. The zero-order valence-electron chi connectivity index (χ0n) is 11.6. The van der Waals surface area contributed by atoms with Crippen molar-refractivity contribution in [1.29, 1.82) is 0 Å². The molecule has 2 aliphatic rings. The van der Waals surface area contributed by atoms with Crippen LogP contribution >= 0.6 is 0 Å². The number of nitrogens with one attached hydrogen (secondary N) is 1. The van der Waals surface area contributed by atoms with E-state index >= 15 is 0 Å². The summed E-state index contributed by atoms with van der Waals surface area (Å²) >= 11 is 0. The number of nitrogens with zero attached hydrogens (tertiary/aromatic N) is 1. The summed E-state index contributed by atoms with van der Waals surface area (Å²) in [5, 5.41) is 3.36. The zero-order chi connectivity index (χ0) is 12.6. The highest BCUT2D eigenvalue weighted by Crippen LogP contribution is 2.34. The first-order valence-electron chi connectivity index (χ1n) is 7.06. The van der Waals surface area contributed by atoms with Crippen LogP contribution < -0.4 is 5.32 Å². The summed E-state index contributed by atoms with van der Waals surface area (Å²) in [6.07, 6.45) is 3.77. The summed E-state index contributed by atoms with van der Waals surface area (Å²) in [6, 6.07) is 0.502. The lowest BCUT2D eigenvalue weighted by Crippen LogP contribution is -2.46. The summed E-state index contributed by atoms with van der Waals surface area (Å²) in [7, 11) is 0. The maximum atomic E-state index is 12.4. The molecule has 3 heteroatoms. The lowest BCUT2D eigenvalue weighted by molar-refractivity contribution is -0.133. The van der Waals surface area contributed by atoms with E-state index in [2.05, 4.69) is 37.9 Å². The van der Waals surface area contributed by atoms with Crippen molar-refractivity contribution >= 4 is 5.91 Å². The van der Waals surface area contributed by atoms with Crippen LogP contribution in [0.15, 0.2) is 0 Å². The van der Waals surface area contributed by atoms with Gasteiger partial charge >= 0.3 is 0 Å². The van der Waals surface area contributed by atoms with Gasteiger partial charge in [0.2, 0.25) is 5.91 Å². The fourth-order valence-electron chi connectivity index (χ4n) is 3.34. The third-order valence-corrected chi connectivity index (χ3v) is 4.76. The maximum absolute atomic E-state index is 12.4. The van der Waals surface area contributed by atoms with Crippen molar-refractivity contribution in [3.8, 4) is 0 Å². The van der Waals surface area contributed by atoms with E-state index < -0.39 is 0 Å². The van der Waals surface area contributed by atoms with Crippen LogP contribution in [-0.2, 0) is 4.79 Å². The van der Waals surface area contributed by atoms with Gasteiger partial charge in [-0.3, -0.25) is 10.1 Å². The number of hydrogen-bond acceptors (Lipinski definition) is 2. The molecular weight excluding hydrogens is 212 g/mol. The Bertz CT molecular complexity index is 290. The molecule has 4 unspecified atom stereocenters. The first kappa shape index (κ1) is 12.9. The molecule has 0 bridgehead atoms. The third-order valence-electron chi connectivity index (χ3n) is 4.76. The van der Waals surface area contributed by atoms with Crippen molar-refractivity contribution in [2.24, 2.45) is 17.8 Å². The van der Waals surface area contributed by atoms with Crippen molar-refractivity contribution in [2.75, 3.05) is 6.67 Å². The maximum Gasteiger partial charge on any atom is 0.241 e. The Kier molecular flexibility index (Phi) is 3.76. The molecule has 2 rings (SSSR count). The third kappa shape index (κ3) is 2.35. The van der Waals surface area contributed by atoms with Gasteiger partial charge in [0.25, 0.3) is 0 Å². The van der Waals surface area contributed by atoms with Crippen LogP contribution in [0.5, 0.6) is 0 Å². The highest BCUT2D eigenvalue weighted by Gasteiger charge is 2.40. The van der Waals surface area contributed by atoms with E-state index in [0.717, 1.165) is 12.6 Å². The van der Waals surface area contributed by atoms with Crippen LogP contribution in [0.3, 0.4) is 0 Å². The quantitative estimate of drug-likeness (QED) is 0.800. The average molecular weight is 238 g/mol. The van der Waals surface area contributed by atoms with Gasteiger partial charge in [-0.25, -0.2) is 0 Å². The highest BCUT2D eigenvalue weighted by molar-refractivity contribution is 5.84. The van der Waals surface area contributed by atoms with Crippen molar-refractivity contribution in [3.63, 3.8) is 0 Å². The molecule has 2 fully saturated rings. The van der Waals surface area contributed by atoms with Crippen LogP contribution in [-0.4, -0.2) is 29.6 Å². The largest absolute Gasteiger partial charge is 0.325 e. The Morgan fingerprint density at radius 3 is 2.59 bits per heavy atom. The van der Waals surface area contributed by atoms with Crippen LogP contribution in [0.25, 0.3) is 0 Å². The Morgan fingerprint density at radius 2 is 2.00 bits per heavy atom. The average Bonchev–Trinajstić information content (AvgIpc) is 2.64. The van der Waals surface area contributed by atoms with Gasteiger partial charge in [0, 0.05) is 6.04 Å². The predicted octanol–water partition coefficient (Wildman–Crippen LogP) is 2.22. The monoisotopic (exact) mass is 238 g/mol. The number of amides is 1. The highest BCUT2D eigenvalue weighted by atomic mass is 16.2. The SMILES string of the molecule is CC(C)C1NCN(C2CCCC(C)C2C)C1=O. The van der Waals surface area contributed by atoms with Gasteiger partial charge in [0.1, 0.15) is 0 Å². The van der Waals surface area contributed by atoms with Crippen molar-refractivity contribution < 1.29 is 4.79 Å². The number of hydrogen-bond donors (Lipinski definition) is 1. The summed E-state index contributed by atoms with van der Waals surface area (Å²) in [6.45, 7) is 9.62. The van der Waals surface area contributed by atoms with Gasteiger partial charge < -0.3 is 4.90 Å². The standard InChI is InChI=1S/C14H26N2O/c1-9(2)13-14(17)16(8-15-13)12-7-5-6-10(3)11(12)4/h9-13,15H,5-8H2,1-4H3. The molecule has 1 heterocycles. The molecule has 1 amide bonds. The minimum atomic E-state index is 0.0411. The number of carbonyl (C=O) groups excluding carboxylic acids is 1. The minimum Gasteiger partial charge on any atom is -0.325 e. The van der Waals surface area contributed by atoms with Gasteiger partial charge in [0.05, 0.1) is 12.7 Å². The molecule has 1 aliphatic heterocycles. The molecule has 0 aromatic heterocycles. The molecule has 98 valence electrons. The molecule has 0 spiro atoms. The van der Waals surface area contributed by atoms with Gasteiger partial charge in [-0.15, -0.1) is 0 Å². The zero-order valence-corrected chi connectivity index (χ0v) is 11.6. The van der Waals surface area contributed by atoms with E-state index in [1.807, 2.05) is 0 Å². The lowest BCUT2D eigenvalue weighted by atomic mass is 9.77. The fourth-order valence-corrected chi connectivity index (χ4v) is 3.34. The van der Waals surface area contributed by atoms with E-state index in [-0.39, 0.29) is 6.04 Å². The molecule has 1 saturated carbocycles. The Hall–Kier alpha value is -0.570. The predicted molar refractivity (Wildman–Crippen MR) is 69.4 cm³/mol. The van der Waals surface area contributed by atoms with E-state index in [9.17, 15) is 4.79 Å². The summed E-state index contributed by atoms with van der Waals surface area (Å²) < 4.78 is 0. The van der Waals surface area contributed by atoms with E-state index in [1.165, 1.54) is 19.3 Å². The van der Waals surface area contributed by atoms with Crippen LogP contribution in [0.1, 0.15) is 47.0 Å². The van der Waals surface area contributed by atoms with Crippen LogP contribution in [0.4, 0.5) is 0 Å². The molecular formula is C14H26N2O. The van der Waals surface area contributed by atoms with Crippen molar-refractivity contribution in [1.82, 2.24) is 10.2 Å². The van der Waals surface area contributed by atoms with E-state index in [0.29, 0.717) is 23.8 Å².